The number of carbonyl (C=O) groups is 3. The Morgan fingerprint density at radius 3 is 2.45 bits per heavy atom. The maximum absolute atomic E-state index is 14.5. The molecule has 3 heterocycles. The molecule has 42 heavy (non-hydrogen) atoms. The molecule has 3 unspecified atom stereocenters. The van der Waals surface area contributed by atoms with Gasteiger partial charge in [-0.25, -0.2) is 0 Å². The van der Waals surface area contributed by atoms with E-state index in [2.05, 4.69) is 36.0 Å². The molecule has 3 saturated heterocycles. The number of halogens is 1. The summed E-state index contributed by atoms with van der Waals surface area (Å²) < 4.78 is -0.666. The fraction of sp³-hybridized carbons (Fsp3) is 0.606. The molecule has 1 N–H and O–H groups in total. The molecule has 230 valence electrons. The lowest BCUT2D eigenvalue weighted by Crippen LogP contribution is -2.56. The second kappa shape index (κ2) is 15.1. The maximum Gasteiger partial charge on any atom is 0.247 e. The van der Waals surface area contributed by atoms with E-state index in [0.29, 0.717) is 52.0 Å². The van der Waals surface area contributed by atoms with Gasteiger partial charge in [-0.2, -0.15) is 0 Å². The van der Waals surface area contributed by atoms with Gasteiger partial charge in [-0.3, -0.25) is 14.4 Å². The second-order valence-corrected chi connectivity index (χ2v) is 14.5. The zero-order valence-corrected chi connectivity index (χ0v) is 27.2. The summed E-state index contributed by atoms with van der Waals surface area (Å²) in [6.45, 7) is 12.4. The predicted molar refractivity (Wildman–Crippen MR) is 173 cm³/mol. The largest absolute Gasteiger partial charge is 0.396 e. The molecule has 1 spiro atoms. The summed E-state index contributed by atoms with van der Waals surface area (Å²) in [6.07, 6.45) is 9.29. The van der Waals surface area contributed by atoms with Crippen molar-refractivity contribution >= 4 is 45.4 Å². The van der Waals surface area contributed by atoms with Crippen LogP contribution in [0.4, 0.5) is 0 Å². The van der Waals surface area contributed by atoms with Crippen LogP contribution in [0, 0.1) is 11.8 Å². The Kier molecular flexibility index (Phi) is 11.8. The van der Waals surface area contributed by atoms with Crippen LogP contribution in [-0.2, 0) is 20.9 Å². The number of nitrogens with zero attached hydrogens (tertiary/aromatic N) is 3. The van der Waals surface area contributed by atoms with E-state index in [9.17, 15) is 19.5 Å². The summed E-state index contributed by atoms with van der Waals surface area (Å²) in [6, 6.07) is 9.26. The smallest absolute Gasteiger partial charge is 0.247 e. The first-order chi connectivity index (χ1) is 20.3. The third kappa shape index (κ3) is 6.53. The SMILES string of the molecule is C=CCN(CCCCC)C(=O)C1N(CCCCCO)C(=O)[C@@H]2[C@@H](C(=O)N(CC=C)Cc3ccccc3)[C@@H]3SC12CC3Br. The quantitative estimate of drug-likeness (QED) is 0.144. The lowest BCUT2D eigenvalue weighted by Gasteiger charge is -2.38. The highest BCUT2D eigenvalue weighted by molar-refractivity contribution is 9.09. The Hall–Kier alpha value is -2.10. The minimum Gasteiger partial charge on any atom is -0.396 e. The Balaban J connectivity index is 1.69. The summed E-state index contributed by atoms with van der Waals surface area (Å²) in [7, 11) is 0. The molecule has 6 atom stereocenters. The van der Waals surface area contributed by atoms with Crippen molar-refractivity contribution < 1.29 is 19.5 Å². The second-order valence-electron chi connectivity index (χ2n) is 11.8. The third-order valence-corrected chi connectivity index (χ3v) is 12.2. The van der Waals surface area contributed by atoms with E-state index < -0.39 is 22.6 Å². The van der Waals surface area contributed by atoms with E-state index in [0.717, 1.165) is 31.2 Å². The molecular formula is C33H46BrN3O4S. The number of carbonyl (C=O) groups excluding carboxylic acids is 3. The van der Waals surface area contributed by atoms with E-state index >= 15 is 0 Å². The summed E-state index contributed by atoms with van der Waals surface area (Å²) in [5.41, 5.74) is 1.03. The van der Waals surface area contributed by atoms with Crippen molar-refractivity contribution in [3.05, 3.63) is 61.2 Å². The molecule has 9 heteroatoms. The minimum absolute atomic E-state index is 0.0281. The van der Waals surface area contributed by atoms with Crippen molar-refractivity contribution in [3.8, 4) is 0 Å². The van der Waals surface area contributed by atoms with Crippen molar-refractivity contribution in [3.63, 3.8) is 0 Å². The minimum atomic E-state index is -0.666. The monoisotopic (exact) mass is 659 g/mol. The van der Waals surface area contributed by atoms with Crippen LogP contribution in [0.15, 0.2) is 55.6 Å². The van der Waals surface area contributed by atoms with Crippen LogP contribution in [0.2, 0.25) is 0 Å². The number of benzene rings is 1. The number of thioether (sulfide) groups is 1. The standard InChI is InChI=1S/C33H46BrN3O4S/c1-4-7-12-19-35(17-5-2)32(41)29-33-22-25(34)28(42-33)26(27(33)31(40)37(29)20-13-9-14-21-38)30(39)36(18-6-3)23-24-15-10-8-11-16-24/h5-6,8,10-11,15-16,25-29,38H,2-4,7,9,12-14,17-23H2,1H3/t25?,26-,27+,28-,29?,33?/m1/s1. The molecule has 0 saturated carbocycles. The highest BCUT2D eigenvalue weighted by Gasteiger charge is 2.75. The van der Waals surface area contributed by atoms with Crippen LogP contribution in [0.25, 0.3) is 0 Å². The number of aliphatic hydroxyl groups is 1. The highest BCUT2D eigenvalue weighted by Crippen LogP contribution is 2.68. The number of unbranched alkanes of at least 4 members (excludes halogenated alkanes) is 4. The average Bonchev–Trinajstić information content (AvgIpc) is 3.58. The third-order valence-electron chi connectivity index (χ3n) is 8.94. The van der Waals surface area contributed by atoms with Crippen LogP contribution in [-0.4, -0.2) is 91.2 Å². The molecule has 7 nitrogen and oxygen atoms in total. The number of likely N-dealkylation sites (tertiary alicyclic amines) is 1. The molecule has 1 aromatic rings. The van der Waals surface area contributed by atoms with Crippen molar-refractivity contribution in [2.24, 2.45) is 11.8 Å². The molecular weight excluding hydrogens is 614 g/mol. The van der Waals surface area contributed by atoms with E-state index in [1.807, 2.05) is 40.1 Å². The Morgan fingerprint density at radius 2 is 1.79 bits per heavy atom. The zero-order chi connectivity index (χ0) is 30.3. The van der Waals surface area contributed by atoms with E-state index in [4.69, 9.17) is 0 Å². The number of rotatable bonds is 17. The number of alkyl halides is 1. The van der Waals surface area contributed by atoms with Crippen molar-refractivity contribution in [1.82, 2.24) is 14.7 Å². The summed E-state index contributed by atoms with van der Waals surface area (Å²) in [4.78, 5) is 48.8. The van der Waals surface area contributed by atoms with Gasteiger partial charge in [-0.15, -0.1) is 24.9 Å². The molecule has 3 aliphatic rings. The lowest BCUT2D eigenvalue weighted by molar-refractivity contribution is -0.145. The first kappa shape index (κ1) is 32.8. The van der Waals surface area contributed by atoms with Crippen molar-refractivity contribution in [2.45, 2.75) is 79.3 Å². The molecule has 3 aliphatic heterocycles. The fourth-order valence-electron chi connectivity index (χ4n) is 7.08. The summed E-state index contributed by atoms with van der Waals surface area (Å²) in [5, 5.41) is 9.23. The fourth-order valence-corrected chi connectivity index (χ4v) is 10.7. The maximum atomic E-state index is 14.5. The molecule has 0 aromatic heterocycles. The predicted octanol–water partition coefficient (Wildman–Crippen LogP) is 5.03. The van der Waals surface area contributed by atoms with Gasteiger partial charge >= 0.3 is 0 Å². The van der Waals surface area contributed by atoms with Crippen molar-refractivity contribution in [2.75, 3.05) is 32.8 Å². The van der Waals surface area contributed by atoms with Crippen molar-refractivity contribution in [1.29, 1.82) is 0 Å². The molecule has 3 amide bonds. The molecule has 3 fully saturated rings. The zero-order valence-electron chi connectivity index (χ0n) is 24.8. The normalized spacial score (nSPS) is 27.6. The number of fused-ring (bicyclic) bond motifs is 1. The van der Waals surface area contributed by atoms with Crippen LogP contribution < -0.4 is 0 Å². The Morgan fingerprint density at radius 1 is 1.07 bits per heavy atom. The van der Waals surface area contributed by atoms with Gasteiger partial charge in [0.05, 0.1) is 16.6 Å². The van der Waals surface area contributed by atoms with Crippen LogP contribution >= 0.6 is 27.7 Å². The summed E-state index contributed by atoms with van der Waals surface area (Å²) in [5.74, 6) is -1.22. The number of aliphatic hydroxyl groups excluding tert-OH is 1. The topological polar surface area (TPSA) is 81.2 Å². The van der Waals surface area contributed by atoms with Crippen LogP contribution in [0.5, 0.6) is 0 Å². The number of amides is 3. The van der Waals surface area contributed by atoms with Gasteiger partial charge in [0.2, 0.25) is 17.7 Å². The number of hydrogen-bond acceptors (Lipinski definition) is 5. The Labute approximate surface area is 263 Å². The lowest BCUT2D eigenvalue weighted by atomic mass is 9.70. The van der Waals surface area contributed by atoms with Gasteiger partial charge < -0.3 is 19.8 Å². The van der Waals surface area contributed by atoms with Gasteiger partial charge in [0.15, 0.2) is 0 Å². The van der Waals surface area contributed by atoms with Crippen LogP contribution in [0.3, 0.4) is 0 Å². The van der Waals surface area contributed by atoms with Gasteiger partial charge in [-0.1, -0.05) is 78.2 Å². The first-order valence-corrected chi connectivity index (χ1v) is 17.2. The molecule has 0 aliphatic carbocycles. The van der Waals surface area contributed by atoms with E-state index in [-0.39, 0.29) is 34.4 Å². The Bertz CT molecular complexity index is 1120. The molecule has 1 aromatic carbocycles. The van der Waals surface area contributed by atoms with Gasteiger partial charge in [0.25, 0.3) is 0 Å². The van der Waals surface area contributed by atoms with Crippen LogP contribution in [0.1, 0.15) is 57.4 Å². The molecule has 0 radical (unpaired) electrons. The molecule has 2 bridgehead atoms. The first-order valence-electron chi connectivity index (χ1n) is 15.4. The van der Waals surface area contributed by atoms with Gasteiger partial charge in [0.1, 0.15) is 6.04 Å². The summed E-state index contributed by atoms with van der Waals surface area (Å²) >= 11 is 5.58. The van der Waals surface area contributed by atoms with Gasteiger partial charge in [-0.05, 0) is 37.7 Å². The van der Waals surface area contributed by atoms with Gasteiger partial charge in [0, 0.05) is 49.4 Å². The average molecular weight is 661 g/mol. The molecule has 4 rings (SSSR count). The highest BCUT2D eigenvalue weighted by atomic mass is 79.9. The number of hydrogen-bond donors (Lipinski definition) is 1. The van der Waals surface area contributed by atoms with E-state index in [1.165, 1.54) is 0 Å². The van der Waals surface area contributed by atoms with E-state index in [1.54, 1.807) is 28.8 Å².